The SMILES string of the molecule is Cc1ccc(N(CC(=O)NCCSc2ccccn2)S(=O)(=O)c2ccccc2)c(C)c1. The molecule has 0 atom stereocenters. The van der Waals surface area contributed by atoms with Gasteiger partial charge in [0.2, 0.25) is 5.91 Å². The molecule has 2 aromatic carbocycles. The molecule has 0 aliphatic carbocycles. The summed E-state index contributed by atoms with van der Waals surface area (Å²) in [5.41, 5.74) is 2.31. The molecule has 1 amide bonds. The molecule has 0 saturated heterocycles. The number of carbonyl (C=O) groups is 1. The van der Waals surface area contributed by atoms with Crippen molar-refractivity contribution in [2.45, 2.75) is 23.8 Å². The lowest BCUT2D eigenvalue weighted by molar-refractivity contribution is -0.119. The van der Waals surface area contributed by atoms with Crippen molar-refractivity contribution in [3.63, 3.8) is 0 Å². The van der Waals surface area contributed by atoms with E-state index in [9.17, 15) is 13.2 Å². The average Bonchev–Trinajstić information content (AvgIpc) is 2.77. The van der Waals surface area contributed by atoms with E-state index in [4.69, 9.17) is 0 Å². The molecule has 1 heterocycles. The lowest BCUT2D eigenvalue weighted by Gasteiger charge is -2.26. The zero-order valence-electron chi connectivity index (χ0n) is 17.5. The van der Waals surface area contributed by atoms with Crippen LogP contribution in [0.3, 0.4) is 0 Å². The molecular weight excluding hydrogens is 430 g/mol. The van der Waals surface area contributed by atoms with Gasteiger partial charge in [-0.3, -0.25) is 9.10 Å². The maximum Gasteiger partial charge on any atom is 0.264 e. The number of nitrogens with one attached hydrogen (secondary N) is 1. The van der Waals surface area contributed by atoms with Crippen LogP contribution in [0.2, 0.25) is 0 Å². The number of nitrogens with zero attached hydrogens (tertiary/aromatic N) is 2. The monoisotopic (exact) mass is 455 g/mol. The fourth-order valence-corrected chi connectivity index (χ4v) is 5.30. The van der Waals surface area contributed by atoms with Gasteiger partial charge in [0.1, 0.15) is 6.54 Å². The molecule has 0 aliphatic heterocycles. The molecular formula is C23H25N3O3S2. The molecule has 0 bridgehead atoms. The summed E-state index contributed by atoms with van der Waals surface area (Å²) < 4.78 is 27.9. The highest BCUT2D eigenvalue weighted by Crippen LogP contribution is 2.27. The molecule has 8 heteroatoms. The van der Waals surface area contributed by atoms with Gasteiger partial charge in [-0.2, -0.15) is 0 Å². The molecule has 31 heavy (non-hydrogen) atoms. The van der Waals surface area contributed by atoms with Crippen LogP contribution in [0.5, 0.6) is 0 Å². The van der Waals surface area contributed by atoms with E-state index in [1.807, 2.05) is 44.2 Å². The molecule has 0 unspecified atom stereocenters. The van der Waals surface area contributed by atoms with Crippen molar-refractivity contribution in [2.75, 3.05) is 23.1 Å². The Bertz CT molecular complexity index is 1120. The van der Waals surface area contributed by atoms with Crippen molar-refractivity contribution in [2.24, 2.45) is 0 Å². The van der Waals surface area contributed by atoms with Crippen LogP contribution >= 0.6 is 11.8 Å². The molecule has 0 radical (unpaired) electrons. The first-order valence-electron chi connectivity index (χ1n) is 9.83. The third-order valence-corrected chi connectivity index (χ3v) is 7.27. The number of amides is 1. The topological polar surface area (TPSA) is 79.4 Å². The summed E-state index contributed by atoms with van der Waals surface area (Å²) in [6, 6.07) is 19.3. The second-order valence-electron chi connectivity index (χ2n) is 6.98. The van der Waals surface area contributed by atoms with Gasteiger partial charge in [-0.05, 0) is 49.7 Å². The Hall–Kier alpha value is -2.84. The predicted molar refractivity (Wildman–Crippen MR) is 125 cm³/mol. The third kappa shape index (κ3) is 6.08. The van der Waals surface area contributed by atoms with Gasteiger partial charge in [-0.25, -0.2) is 13.4 Å². The quantitative estimate of drug-likeness (QED) is 0.392. The number of thioether (sulfide) groups is 1. The summed E-state index contributed by atoms with van der Waals surface area (Å²) in [5.74, 6) is 0.277. The van der Waals surface area contributed by atoms with Crippen LogP contribution in [-0.4, -0.2) is 38.2 Å². The van der Waals surface area contributed by atoms with E-state index in [-0.39, 0.29) is 17.3 Å². The number of benzene rings is 2. The van der Waals surface area contributed by atoms with Crippen LogP contribution in [-0.2, 0) is 14.8 Å². The largest absolute Gasteiger partial charge is 0.354 e. The van der Waals surface area contributed by atoms with E-state index in [1.165, 1.54) is 28.2 Å². The highest BCUT2D eigenvalue weighted by molar-refractivity contribution is 7.99. The van der Waals surface area contributed by atoms with Gasteiger partial charge >= 0.3 is 0 Å². The Kier molecular flexibility index (Phi) is 7.70. The van der Waals surface area contributed by atoms with Crippen LogP contribution in [0.1, 0.15) is 11.1 Å². The lowest BCUT2D eigenvalue weighted by atomic mass is 10.1. The Morgan fingerprint density at radius 1 is 1.03 bits per heavy atom. The van der Waals surface area contributed by atoms with Gasteiger partial charge in [-0.1, -0.05) is 42.0 Å². The second kappa shape index (κ2) is 10.5. The first-order chi connectivity index (χ1) is 14.9. The molecule has 162 valence electrons. The van der Waals surface area contributed by atoms with E-state index in [0.717, 1.165) is 16.2 Å². The summed E-state index contributed by atoms with van der Waals surface area (Å²) in [6.07, 6.45) is 1.72. The Morgan fingerprint density at radius 3 is 2.45 bits per heavy atom. The Labute approximate surface area is 187 Å². The van der Waals surface area contributed by atoms with Crippen molar-refractivity contribution in [3.05, 3.63) is 84.1 Å². The number of rotatable bonds is 9. The number of hydrogen-bond acceptors (Lipinski definition) is 5. The van der Waals surface area contributed by atoms with Gasteiger partial charge in [-0.15, -0.1) is 11.8 Å². The van der Waals surface area contributed by atoms with E-state index in [1.54, 1.807) is 30.5 Å². The van der Waals surface area contributed by atoms with Gasteiger partial charge in [0, 0.05) is 18.5 Å². The van der Waals surface area contributed by atoms with Crippen LogP contribution in [0.15, 0.2) is 82.8 Å². The highest BCUT2D eigenvalue weighted by atomic mass is 32.2. The maximum atomic E-state index is 13.4. The summed E-state index contributed by atoms with van der Waals surface area (Å²) in [7, 11) is -3.90. The van der Waals surface area contributed by atoms with Crippen LogP contribution in [0.4, 0.5) is 5.69 Å². The van der Waals surface area contributed by atoms with Crippen molar-refractivity contribution in [1.82, 2.24) is 10.3 Å². The van der Waals surface area contributed by atoms with Gasteiger partial charge in [0.25, 0.3) is 10.0 Å². The van der Waals surface area contributed by atoms with Crippen molar-refractivity contribution >= 4 is 33.4 Å². The average molecular weight is 456 g/mol. The molecule has 0 spiro atoms. The van der Waals surface area contributed by atoms with Gasteiger partial charge in [0.15, 0.2) is 0 Å². The molecule has 6 nitrogen and oxygen atoms in total. The summed E-state index contributed by atoms with van der Waals surface area (Å²) >= 11 is 1.53. The molecule has 1 N–H and O–H groups in total. The lowest BCUT2D eigenvalue weighted by Crippen LogP contribution is -2.41. The number of anilines is 1. The van der Waals surface area contributed by atoms with E-state index in [0.29, 0.717) is 18.0 Å². The van der Waals surface area contributed by atoms with Gasteiger partial charge in [0.05, 0.1) is 15.6 Å². The molecule has 0 fully saturated rings. The van der Waals surface area contributed by atoms with E-state index < -0.39 is 10.0 Å². The molecule has 0 aliphatic rings. The zero-order chi connectivity index (χ0) is 22.3. The summed E-state index contributed by atoms with van der Waals surface area (Å²) in [4.78, 5) is 17.0. The second-order valence-corrected chi connectivity index (χ2v) is 9.96. The molecule has 1 aromatic heterocycles. The van der Waals surface area contributed by atoms with Crippen LogP contribution in [0.25, 0.3) is 0 Å². The van der Waals surface area contributed by atoms with E-state index in [2.05, 4.69) is 10.3 Å². The minimum atomic E-state index is -3.90. The first-order valence-corrected chi connectivity index (χ1v) is 12.3. The number of hydrogen-bond donors (Lipinski definition) is 1. The Balaban J connectivity index is 1.74. The molecule has 0 saturated carbocycles. The van der Waals surface area contributed by atoms with E-state index >= 15 is 0 Å². The highest BCUT2D eigenvalue weighted by Gasteiger charge is 2.28. The van der Waals surface area contributed by atoms with Gasteiger partial charge < -0.3 is 5.32 Å². The van der Waals surface area contributed by atoms with Crippen molar-refractivity contribution in [1.29, 1.82) is 0 Å². The number of pyridine rings is 1. The third-order valence-electron chi connectivity index (χ3n) is 4.55. The standard InChI is InChI=1S/C23H25N3O3S2/c1-18-11-12-21(19(2)16-18)26(31(28,29)20-8-4-3-5-9-20)17-22(27)24-14-15-30-23-10-6-7-13-25-23/h3-13,16H,14-15,17H2,1-2H3,(H,24,27). The van der Waals surface area contributed by atoms with Crippen LogP contribution in [0, 0.1) is 13.8 Å². The van der Waals surface area contributed by atoms with Crippen molar-refractivity contribution in [3.8, 4) is 0 Å². The number of sulfonamides is 1. The number of aromatic nitrogens is 1. The Morgan fingerprint density at radius 2 is 1.77 bits per heavy atom. The fraction of sp³-hybridized carbons (Fsp3) is 0.217. The number of aryl methyl sites for hydroxylation is 2. The first kappa shape index (κ1) is 22.8. The normalized spacial score (nSPS) is 11.2. The fourth-order valence-electron chi connectivity index (χ4n) is 3.07. The smallest absolute Gasteiger partial charge is 0.264 e. The van der Waals surface area contributed by atoms with Crippen LogP contribution < -0.4 is 9.62 Å². The minimum Gasteiger partial charge on any atom is -0.354 e. The van der Waals surface area contributed by atoms with Crippen molar-refractivity contribution < 1.29 is 13.2 Å². The zero-order valence-corrected chi connectivity index (χ0v) is 19.1. The molecule has 3 aromatic rings. The maximum absolute atomic E-state index is 13.4. The summed E-state index contributed by atoms with van der Waals surface area (Å²) in [5, 5.41) is 3.69. The molecule has 3 rings (SSSR count). The summed E-state index contributed by atoms with van der Waals surface area (Å²) in [6.45, 7) is 3.90. The minimum absolute atomic E-state index is 0.147. The predicted octanol–water partition coefficient (Wildman–Crippen LogP) is 3.80. The number of carbonyl (C=O) groups excluding carboxylic acids is 1.